The van der Waals surface area contributed by atoms with E-state index in [2.05, 4.69) is 44.4 Å². The van der Waals surface area contributed by atoms with Crippen molar-refractivity contribution in [2.45, 2.75) is 6.92 Å². The van der Waals surface area contributed by atoms with Gasteiger partial charge in [0.15, 0.2) is 0 Å². The van der Waals surface area contributed by atoms with Gasteiger partial charge in [0.05, 0.1) is 12.3 Å². The molecule has 1 saturated heterocycles. The Bertz CT molecular complexity index is 573. The van der Waals surface area contributed by atoms with Crippen molar-refractivity contribution in [3.8, 4) is 5.69 Å². The Labute approximate surface area is 123 Å². The molecule has 1 fully saturated rings. The number of aromatic nitrogens is 4. The summed E-state index contributed by atoms with van der Waals surface area (Å²) in [5, 5.41) is 21.1. The fourth-order valence-electron chi connectivity index (χ4n) is 2.55. The lowest BCUT2D eigenvalue weighted by Crippen LogP contribution is -2.48. The summed E-state index contributed by atoms with van der Waals surface area (Å²) in [5.41, 5.74) is 2.18. The molecule has 0 radical (unpaired) electrons. The van der Waals surface area contributed by atoms with Gasteiger partial charge in [-0.05, 0) is 29.5 Å². The summed E-state index contributed by atoms with van der Waals surface area (Å²) in [6.07, 6.45) is 0. The maximum atomic E-state index is 8.99. The van der Waals surface area contributed by atoms with Crippen LogP contribution in [0.25, 0.3) is 5.69 Å². The quantitative estimate of drug-likeness (QED) is 0.859. The van der Waals surface area contributed by atoms with E-state index < -0.39 is 0 Å². The molecule has 1 aliphatic heterocycles. The predicted molar refractivity (Wildman–Crippen MR) is 79.6 cm³/mol. The largest absolute Gasteiger partial charge is 0.395 e. The number of benzene rings is 1. The highest BCUT2D eigenvalue weighted by Gasteiger charge is 2.21. The van der Waals surface area contributed by atoms with Crippen LogP contribution >= 0.6 is 0 Å². The first-order chi connectivity index (χ1) is 10.3. The first-order valence-corrected chi connectivity index (χ1v) is 7.21. The molecule has 0 atom stereocenters. The fraction of sp³-hybridized carbons (Fsp3) is 0.500. The minimum Gasteiger partial charge on any atom is -0.395 e. The molecule has 0 amide bonds. The molecule has 1 N–H and O–H groups in total. The van der Waals surface area contributed by atoms with Crippen molar-refractivity contribution in [1.29, 1.82) is 0 Å². The second-order valence-electron chi connectivity index (χ2n) is 5.28. The number of hydrogen-bond donors (Lipinski definition) is 1. The average Bonchev–Trinajstić information content (AvgIpc) is 2.99. The van der Waals surface area contributed by atoms with E-state index in [0.29, 0.717) is 0 Å². The van der Waals surface area contributed by atoms with E-state index in [4.69, 9.17) is 5.11 Å². The van der Waals surface area contributed by atoms with Crippen molar-refractivity contribution in [3.05, 3.63) is 29.8 Å². The summed E-state index contributed by atoms with van der Waals surface area (Å²) < 4.78 is 1.78. The summed E-state index contributed by atoms with van der Waals surface area (Å²) in [6, 6.07) is 8.16. The zero-order valence-corrected chi connectivity index (χ0v) is 12.2. The number of aryl methyl sites for hydroxylation is 1. The highest BCUT2D eigenvalue weighted by Crippen LogP contribution is 2.17. The predicted octanol–water partition coefficient (Wildman–Crippen LogP) is 0.0850. The minimum atomic E-state index is 0.209. The lowest BCUT2D eigenvalue weighted by atomic mass is 10.2. The number of anilines is 1. The number of tetrazole rings is 1. The molecule has 2 aromatic rings. The first kappa shape index (κ1) is 14.0. The molecule has 1 aromatic heterocycles. The molecule has 1 aromatic carbocycles. The molecule has 7 heteroatoms. The van der Waals surface area contributed by atoms with Crippen molar-refractivity contribution < 1.29 is 5.11 Å². The molecule has 0 saturated carbocycles. The topological polar surface area (TPSA) is 70.3 Å². The first-order valence-electron chi connectivity index (χ1n) is 7.21. The van der Waals surface area contributed by atoms with Crippen LogP contribution in [-0.4, -0.2) is 69.5 Å². The maximum absolute atomic E-state index is 8.99. The second-order valence-corrected chi connectivity index (χ2v) is 5.28. The summed E-state index contributed by atoms with van der Waals surface area (Å²) >= 11 is 0. The van der Waals surface area contributed by atoms with Crippen molar-refractivity contribution in [2.75, 3.05) is 44.2 Å². The van der Waals surface area contributed by atoms with E-state index in [1.165, 1.54) is 5.56 Å². The molecular weight excluding hydrogens is 268 g/mol. The minimum absolute atomic E-state index is 0.209. The number of rotatable bonds is 4. The van der Waals surface area contributed by atoms with E-state index in [-0.39, 0.29) is 6.61 Å². The third-order valence-corrected chi connectivity index (χ3v) is 3.80. The van der Waals surface area contributed by atoms with Crippen LogP contribution in [0.3, 0.4) is 0 Å². The Kier molecular flexibility index (Phi) is 4.12. The molecule has 1 aliphatic rings. The Balaban J connectivity index is 1.76. The van der Waals surface area contributed by atoms with E-state index >= 15 is 0 Å². The molecule has 3 rings (SSSR count). The summed E-state index contributed by atoms with van der Waals surface area (Å²) in [7, 11) is 0. The van der Waals surface area contributed by atoms with Crippen LogP contribution in [0.4, 0.5) is 5.95 Å². The molecule has 7 nitrogen and oxygen atoms in total. The van der Waals surface area contributed by atoms with Gasteiger partial charge in [0.1, 0.15) is 0 Å². The third-order valence-electron chi connectivity index (χ3n) is 3.80. The van der Waals surface area contributed by atoms with Gasteiger partial charge in [-0.25, -0.2) is 0 Å². The van der Waals surface area contributed by atoms with Crippen LogP contribution in [0.15, 0.2) is 24.3 Å². The van der Waals surface area contributed by atoms with E-state index in [1.807, 2.05) is 12.1 Å². The monoisotopic (exact) mass is 288 g/mol. The Hall–Kier alpha value is -1.99. The number of aliphatic hydroxyl groups excluding tert-OH is 1. The highest BCUT2D eigenvalue weighted by molar-refractivity contribution is 5.42. The van der Waals surface area contributed by atoms with Crippen LogP contribution in [0.1, 0.15) is 5.56 Å². The average molecular weight is 288 g/mol. The van der Waals surface area contributed by atoms with Gasteiger partial charge in [-0.15, -0.1) is 0 Å². The van der Waals surface area contributed by atoms with Crippen molar-refractivity contribution >= 4 is 5.95 Å². The Morgan fingerprint density at radius 3 is 2.48 bits per heavy atom. The Morgan fingerprint density at radius 2 is 1.81 bits per heavy atom. The van der Waals surface area contributed by atoms with Crippen LogP contribution in [-0.2, 0) is 0 Å². The summed E-state index contributed by atoms with van der Waals surface area (Å²) in [6.45, 7) is 6.57. The van der Waals surface area contributed by atoms with Crippen LogP contribution in [0.2, 0.25) is 0 Å². The summed E-state index contributed by atoms with van der Waals surface area (Å²) in [5.74, 6) is 0.780. The molecule has 2 heterocycles. The normalized spacial score (nSPS) is 16.4. The number of aliphatic hydroxyl groups is 1. The molecular formula is C14H20N6O. The van der Waals surface area contributed by atoms with Gasteiger partial charge in [0, 0.05) is 32.7 Å². The van der Waals surface area contributed by atoms with Crippen LogP contribution in [0, 0.1) is 6.92 Å². The lowest BCUT2D eigenvalue weighted by Gasteiger charge is -2.34. The number of β-amino-alcohol motifs (C(OH)–C–C–N with tert-alkyl or cyclic N) is 1. The van der Waals surface area contributed by atoms with Crippen molar-refractivity contribution in [2.24, 2.45) is 0 Å². The standard InChI is InChI=1S/C14H20N6O/c1-12-2-4-13(5-3-12)20-14(15-16-17-20)19-8-6-18(7-9-19)10-11-21/h2-5,21H,6-11H2,1H3. The smallest absolute Gasteiger partial charge is 0.250 e. The lowest BCUT2D eigenvalue weighted by molar-refractivity contribution is 0.188. The molecule has 21 heavy (non-hydrogen) atoms. The zero-order valence-electron chi connectivity index (χ0n) is 12.2. The van der Waals surface area contributed by atoms with Gasteiger partial charge in [0.2, 0.25) is 5.95 Å². The maximum Gasteiger partial charge on any atom is 0.250 e. The SMILES string of the molecule is Cc1ccc(-n2nnnc2N2CCN(CCO)CC2)cc1. The molecule has 0 unspecified atom stereocenters. The van der Waals surface area contributed by atoms with Gasteiger partial charge in [-0.2, -0.15) is 4.68 Å². The van der Waals surface area contributed by atoms with E-state index in [1.54, 1.807) is 4.68 Å². The van der Waals surface area contributed by atoms with Crippen LogP contribution in [0.5, 0.6) is 0 Å². The third kappa shape index (κ3) is 3.03. The van der Waals surface area contributed by atoms with Gasteiger partial charge in [-0.3, -0.25) is 4.90 Å². The molecule has 0 aliphatic carbocycles. The van der Waals surface area contributed by atoms with E-state index in [9.17, 15) is 0 Å². The Morgan fingerprint density at radius 1 is 1.10 bits per heavy atom. The fourth-order valence-corrected chi connectivity index (χ4v) is 2.55. The van der Waals surface area contributed by atoms with Crippen molar-refractivity contribution in [3.63, 3.8) is 0 Å². The molecule has 0 spiro atoms. The molecule has 112 valence electrons. The number of piperazine rings is 1. The van der Waals surface area contributed by atoms with Gasteiger partial charge < -0.3 is 10.0 Å². The summed E-state index contributed by atoms with van der Waals surface area (Å²) in [4.78, 5) is 4.43. The van der Waals surface area contributed by atoms with Gasteiger partial charge >= 0.3 is 0 Å². The van der Waals surface area contributed by atoms with Gasteiger partial charge in [-0.1, -0.05) is 22.8 Å². The zero-order chi connectivity index (χ0) is 14.7. The van der Waals surface area contributed by atoms with E-state index in [0.717, 1.165) is 44.4 Å². The number of hydrogen-bond acceptors (Lipinski definition) is 6. The molecule has 0 bridgehead atoms. The number of nitrogens with zero attached hydrogens (tertiary/aromatic N) is 6. The van der Waals surface area contributed by atoms with Gasteiger partial charge in [0.25, 0.3) is 0 Å². The van der Waals surface area contributed by atoms with Crippen LogP contribution < -0.4 is 4.90 Å². The highest BCUT2D eigenvalue weighted by atomic mass is 16.3. The van der Waals surface area contributed by atoms with Crippen molar-refractivity contribution in [1.82, 2.24) is 25.1 Å². The second kappa shape index (κ2) is 6.19.